The second kappa shape index (κ2) is 7.78. The maximum absolute atomic E-state index is 13.5. The molecule has 8 nitrogen and oxygen atoms in total. The molecule has 0 bridgehead atoms. The Bertz CT molecular complexity index is 1130. The third-order valence-electron chi connectivity index (χ3n) is 4.75. The van der Waals surface area contributed by atoms with Crippen LogP contribution in [0.4, 0.5) is 10.1 Å². The average molecular weight is 395 g/mol. The van der Waals surface area contributed by atoms with Crippen LogP contribution in [0.1, 0.15) is 29.0 Å². The Kier molecular flexibility index (Phi) is 5.03. The second-order valence-corrected chi connectivity index (χ2v) is 6.56. The van der Waals surface area contributed by atoms with Crippen LogP contribution in [-0.4, -0.2) is 32.5 Å². The summed E-state index contributed by atoms with van der Waals surface area (Å²) < 4.78 is 20.1. The number of carbonyl (C=O) groups excluding carboxylic acids is 1. The topological polar surface area (TPSA) is 99.0 Å². The van der Waals surface area contributed by atoms with Gasteiger partial charge in [0.25, 0.3) is 11.5 Å². The zero-order chi connectivity index (χ0) is 20.4. The lowest BCUT2D eigenvalue weighted by atomic mass is 10.1. The van der Waals surface area contributed by atoms with E-state index in [1.54, 1.807) is 10.6 Å². The van der Waals surface area contributed by atoms with Crippen molar-refractivity contribution in [2.45, 2.75) is 25.8 Å². The van der Waals surface area contributed by atoms with E-state index in [4.69, 9.17) is 4.74 Å². The SMILES string of the molecule is COc1cc(F)ccc1C(=O)Nc1c(-c2ccncn2)nc2n(c1=O)CCCC2. The van der Waals surface area contributed by atoms with E-state index in [-0.39, 0.29) is 28.3 Å². The zero-order valence-corrected chi connectivity index (χ0v) is 15.7. The summed E-state index contributed by atoms with van der Waals surface area (Å²) in [4.78, 5) is 38.7. The van der Waals surface area contributed by atoms with Gasteiger partial charge in [-0.1, -0.05) is 0 Å². The highest BCUT2D eigenvalue weighted by Gasteiger charge is 2.23. The summed E-state index contributed by atoms with van der Waals surface area (Å²) in [6.07, 6.45) is 5.36. The molecule has 0 fully saturated rings. The summed E-state index contributed by atoms with van der Waals surface area (Å²) in [6, 6.07) is 5.19. The van der Waals surface area contributed by atoms with Gasteiger partial charge in [-0.2, -0.15) is 0 Å². The van der Waals surface area contributed by atoms with Gasteiger partial charge in [-0.05, 0) is 31.0 Å². The average Bonchev–Trinajstić information content (AvgIpc) is 2.76. The molecule has 0 unspecified atom stereocenters. The van der Waals surface area contributed by atoms with E-state index in [2.05, 4.69) is 20.3 Å². The van der Waals surface area contributed by atoms with Crippen molar-refractivity contribution in [3.8, 4) is 17.1 Å². The normalized spacial score (nSPS) is 12.9. The smallest absolute Gasteiger partial charge is 0.278 e. The van der Waals surface area contributed by atoms with E-state index in [9.17, 15) is 14.0 Å². The van der Waals surface area contributed by atoms with Crippen LogP contribution in [-0.2, 0) is 13.0 Å². The highest BCUT2D eigenvalue weighted by atomic mass is 19.1. The van der Waals surface area contributed by atoms with Crippen LogP contribution < -0.4 is 15.6 Å². The monoisotopic (exact) mass is 395 g/mol. The highest BCUT2D eigenvalue weighted by molar-refractivity contribution is 6.07. The van der Waals surface area contributed by atoms with Crippen LogP contribution >= 0.6 is 0 Å². The van der Waals surface area contributed by atoms with Crippen LogP contribution in [0.15, 0.2) is 41.6 Å². The van der Waals surface area contributed by atoms with Gasteiger partial charge in [-0.3, -0.25) is 14.2 Å². The molecular weight excluding hydrogens is 377 g/mol. The number of nitrogens with one attached hydrogen (secondary N) is 1. The van der Waals surface area contributed by atoms with Crippen molar-refractivity contribution in [1.82, 2.24) is 19.5 Å². The predicted octanol–water partition coefficient (Wildman–Crippen LogP) is 2.44. The summed E-state index contributed by atoms with van der Waals surface area (Å²) >= 11 is 0. The largest absolute Gasteiger partial charge is 0.496 e. The van der Waals surface area contributed by atoms with Crippen LogP contribution in [0, 0.1) is 5.82 Å². The Balaban J connectivity index is 1.82. The van der Waals surface area contributed by atoms with Crippen molar-refractivity contribution < 1.29 is 13.9 Å². The number of aromatic nitrogens is 4. The summed E-state index contributed by atoms with van der Waals surface area (Å²) in [7, 11) is 1.34. The minimum atomic E-state index is -0.604. The molecule has 29 heavy (non-hydrogen) atoms. The number of fused-ring (bicyclic) bond motifs is 1. The molecule has 0 saturated heterocycles. The van der Waals surface area contributed by atoms with Crippen LogP contribution in [0.25, 0.3) is 11.4 Å². The molecule has 0 radical (unpaired) electrons. The number of amides is 1. The molecule has 0 spiro atoms. The molecule has 1 aromatic carbocycles. The Morgan fingerprint density at radius 3 is 2.90 bits per heavy atom. The van der Waals surface area contributed by atoms with E-state index < -0.39 is 11.7 Å². The van der Waals surface area contributed by atoms with Gasteiger partial charge in [0.1, 0.15) is 35.1 Å². The molecule has 1 aliphatic rings. The number of hydrogen-bond donors (Lipinski definition) is 1. The van der Waals surface area contributed by atoms with Crippen molar-refractivity contribution in [3.63, 3.8) is 0 Å². The fraction of sp³-hybridized carbons (Fsp3) is 0.250. The molecule has 148 valence electrons. The first-order chi connectivity index (χ1) is 14.1. The first-order valence-electron chi connectivity index (χ1n) is 9.13. The van der Waals surface area contributed by atoms with Gasteiger partial charge in [0, 0.05) is 25.2 Å². The number of benzene rings is 1. The Hall–Kier alpha value is -3.62. The lowest BCUT2D eigenvalue weighted by Crippen LogP contribution is -2.32. The summed E-state index contributed by atoms with van der Waals surface area (Å²) in [6.45, 7) is 0.536. The summed E-state index contributed by atoms with van der Waals surface area (Å²) in [5.74, 6) is -0.410. The standard InChI is InChI=1S/C20H18FN5O3/c1-29-15-10-12(21)5-6-13(15)19(27)25-18-17(14-7-8-22-11-23-14)24-16-4-2-3-9-26(16)20(18)28/h5-8,10-11H,2-4,9H2,1H3,(H,25,27). The number of ether oxygens (including phenoxy) is 1. The molecule has 0 atom stereocenters. The van der Waals surface area contributed by atoms with Crippen LogP contribution in [0.5, 0.6) is 5.75 Å². The molecule has 3 heterocycles. The number of hydrogen-bond acceptors (Lipinski definition) is 6. The Labute approximate surface area is 165 Å². The lowest BCUT2D eigenvalue weighted by Gasteiger charge is -2.20. The van der Waals surface area contributed by atoms with E-state index in [1.807, 2.05) is 0 Å². The number of anilines is 1. The molecule has 3 aromatic rings. The Morgan fingerprint density at radius 1 is 1.28 bits per heavy atom. The molecule has 4 rings (SSSR count). The molecule has 9 heteroatoms. The number of rotatable bonds is 4. The fourth-order valence-corrected chi connectivity index (χ4v) is 3.34. The maximum Gasteiger partial charge on any atom is 0.278 e. The van der Waals surface area contributed by atoms with Crippen LogP contribution in [0.2, 0.25) is 0 Å². The third kappa shape index (κ3) is 3.58. The van der Waals surface area contributed by atoms with Crippen LogP contribution in [0.3, 0.4) is 0 Å². The minimum absolute atomic E-state index is 0.0192. The number of carbonyl (C=O) groups is 1. The van der Waals surface area contributed by atoms with Gasteiger partial charge in [0.2, 0.25) is 0 Å². The first-order valence-corrected chi connectivity index (χ1v) is 9.13. The molecule has 2 aromatic heterocycles. The molecular formula is C20H18FN5O3. The van der Waals surface area contributed by atoms with Gasteiger partial charge in [-0.15, -0.1) is 0 Å². The van der Waals surface area contributed by atoms with Gasteiger partial charge in [-0.25, -0.2) is 19.3 Å². The molecule has 1 N–H and O–H groups in total. The maximum atomic E-state index is 13.5. The number of halogens is 1. The lowest BCUT2D eigenvalue weighted by molar-refractivity contribution is 0.102. The van der Waals surface area contributed by atoms with Crippen molar-refractivity contribution in [1.29, 1.82) is 0 Å². The molecule has 1 amide bonds. The second-order valence-electron chi connectivity index (χ2n) is 6.56. The summed E-state index contributed by atoms with van der Waals surface area (Å²) in [5.41, 5.74) is 0.473. The van der Waals surface area contributed by atoms with Crippen molar-refractivity contribution >= 4 is 11.6 Å². The van der Waals surface area contributed by atoms with Crippen molar-refractivity contribution in [3.05, 3.63) is 64.3 Å². The van der Waals surface area contributed by atoms with E-state index in [1.165, 1.54) is 25.7 Å². The van der Waals surface area contributed by atoms with E-state index >= 15 is 0 Å². The molecule has 0 aliphatic carbocycles. The highest BCUT2D eigenvalue weighted by Crippen LogP contribution is 2.26. The third-order valence-corrected chi connectivity index (χ3v) is 4.75. The summed E-state index contributed by atoms with van der Waals surface area (Å²) in [5, 5.41) is 2.64. The van der Waals surface area contributed by atoms with E-state index in [0.717, 1.165) is 25.0 Å². The predicted molar refractivity (Wildman–Crippen MR) is 103 cm³/mol. The fourth-order valence-electron chi connectivity index (χ4n) is 3.34. The Morgan fingerprint density at radius 2 is 2.14 bits per heavy atom. The zero-order valence-electron chi connectivity index (χ0n) is 15.7. The minimum Gasteiger partial charge on any atom is -0.496 e. The number of methoxy groups -OCH3 is 1. The molecule has 0 saturated carbocycles. The van der Waals surface area contributed by atoms with Gasteiger partial charge in [0.15, 0.2) is 0 Å². The van der Waals surface area contributed by atoms with Gasteiger partial charge < -0.3 is 10.1 Å². The number of nitrogens with zero attached hydrogens (tertiary/aromatic N) is 4. The van der Waals surface area contributed by atoms with E-state index in [0.29, 0.717) is 24.5 Å². The number of aryl methyl sites for hydroxylation is 1. The quantitative estimate of drug-likeness (QED) is 0.729. The van der Waals surface area contributed by atoms with Crippen molar-refractivity contribution in [2.75, 3.05) is 12.4 Å². The first kappa shape index (κ1) is 18.7. The van der Waals surface area contributed by atoms with Gasteiger partial charge >= 0.3 is 0 Å². The van der Waals surface area contributed by atoms with Crippen molar-refractivity contribution in [2.24, 2.45) is 0 Å². The molecule has 1 aliphatic heterocycles. The van der Waals surface area contributed by atoms with Gasteiger partial charge in [0.05, 0.1) is 18.4 Å².